The molecule has 0 N–H and O–H groups in total. The van der Waals surface area contributed by atoms with Gasteiger partial charge in [0.05, 0.1) is 25.8 Å². The third kappa shape index (κ3) is 3.40. The second-order valence-electron chi connectivity index (χ2n) is 5.94. The molecule has 0 aliphatic carbocycles. The summed E-state index contributed by atoms with van der Waals surface area (Å²) in [6.45, 7) is 0.653. The van der Waals surface area contributed by atoms with Crippen molar-refractivity contribution in [1.82, 2.24) is 4.57 Å². The smallest absolute Gasteiger partial charge is 0.197 e. The number of fused-ring (bicyclic) bond motifs is 1. The Kier molecular flexibility index (Phi) is 5.23. The summed E-state index contributed by atoms with van der Waals surface area (Å²) in [5, 5.41) is 9.46. The van der Waals surface area contributed by atoms with Crippen molar-refractivity contribution in [2.45, 2.75) is 19.4 Å². The second kappa shape index (κ2) is 7.75. The van der Waals surface area contributed by atoms with Crippen molar-refractivity contribution < 1.29 is 9.47 Å². The minimum absolute atomic E-state index is 0.0237. The highest BCUT2D eigenvalue weighted by Gasteiger charge is 2.12. The molecule has 0 amide bonds. The maximum atomic E-state index is 13.0. The van der Waals surface area contributed by atoms with Crippen LogP contribution in [0.3, 0.4) is 0 Å². The van der Waals surface area contributed by atoms with E-state index in [1.165, 1.54) is 0 Å². The first kappa shape index (κ1) is 17.6. The number of hydrogen-bond donors (Lipinski definition) is 0. The van der Waals surface area contributed by atoms with Gasteiger partial charge in [0.25, 0.3) is 0 Å². The number of hydrogen-bond acceptors (Lipinski definition) is 4. The number of benzene rings is 2. The number of rotatable bonds is 6. The quantitative estimate of drug-likeness (QED) is 0.632. The molecule has 0 aliphatic heterocycles. The molecular formula is C21H20N2O3. The Labute approximate surface area is 152 Å². The summed E-state index contributed by atoms with van der Waals surface area (Å²) in [4.78, 5) is 13.0. The molecule has 2 aromatic carbocycles. The van der Waals surface area contributed by atoms with Crippen LogP contribution in [-0.2, 0) is 6.54 Å². The first-order valence-corrected chi connectivity index (χ1v) is 8.40. The molecule has 0 bridgehead atoms. The molecule has 0 spiro atoms. The number of aromatic nitrogens is 1. The number of ether oxygens (including phenoxy) is 2. The van der Waals surface area contributed by atoms with Gasteiger partial charge in [0, 0.05) is 36.2 Å². The molecule has 3 aromatic rings. The zero-order chi connectivity index (χ0) is 18.5. The van der Waals surface area contributed by atoms with Gasteiger partial charge in [-0.1, -0.05) is 12.1 Å². The summed E-state index contributed by atoms with van der Waals surface area (Å²) in [6, 6.07) is 15.1. The maximum Gasteiger partial charge on any atom is 0.197 e. The van der Waals surface area contributed by atoms with Gasteiger partial charge in [-0.25, -0.2) is 0 Å². The van der Waals surface area contributed by atoms with Gasteiger partial charge in [0.2, 0.25) is 0 Å². The third-order valence-electron chi connectivity index (χ3n) is 4.38. The maximum absolute atomic E-state index is 13.0. The molecule has 0 aliphatic rings. The van der Waals surface area contributed by atoms with Crippen LogP contribution in [0.4, 0.5) is 0 Å². The Balaban J connectivity index is 2.18. The van der Waals surface area contributed by atoms with E-state index in [1.54, 1.807) is 26.4 Å². The molecule has 5 nitrogen and oxygen atoms in total. The van der Waals surface area contributed by atoms with Gasteiger partial charge in [-0.15, -0.1) is 0 Å². The molecule has 1 aromatic heterocycles. The van der Waals surface area contributed by atoms with Gasteiger partial charge in [0.1, 0.15) is 11.5 Å². The predicted molar refractivity (Wildman–Crippen MR) is 102 cm³/mol. The fourth-order valence-electron chi connectivity index (χ4n) is 2.99. The number of unbranched alkanes of at least 4 members (excludes halogenated alkanes) is 1. The molecule has 26 heavy (non-hydrogen) atoms. The average molecular weight is 348 g/mol. The van der Waals surface area contributed by atoms with Crippen LogP contribution in [-0.4, -0.2) is 18.8 Å². The molecule has 0 unspecified atom stereocenters. The highest BCUT2D eigenvalue weighted by Crippen LogP contribution is 2.25. The van der Waals surface area contributed by atoms with Crippen LogP contribution in [0.2, 0.25) is 0 Å². The van der Waals surface area contributed by atoms with E-state index in [1.807, 2.05) is 41.1 Å². The molecule has 3 rings (SSSR count). The van der Waals surface area contributed by atoms with E-state index in [0.29, 0.717) is 36.1 Å². The number of aryl methyl sites for hydroxylation is 1. The SMILES string of the molecule is COc1ccc(-c2cn(CCCC#N)c3cc(OC)ccc3c2=O)cc1. The third-order valence-corrected chi connectivity index (χ3v) is 4.38. The number of methoxy groups -OCH3 is 2. The lowest BCUT2D eigenvalue weighted by Crippen LogP contribution is -2.12. The normalized spacial score (nSPS) is 10.5. The Morgan fingerprint density at radius 3 is 2.38 bits per heavy atom. The Morgan fingerprint density at radius 1 is 1.04 bits per heavy atom. The zero-order valence-electron chi connectivity index (χ0n) is 14.9. The van der Waals surface area contributed by atoms with Gasteiger partial charge in [-0.2, -0.15) is 5.26 Å². The largest absolute Gasteiger partial charge is 0.497 e. The highest BCUT2D eigenvalue weighted by atomic mass is 16.5. The fourth-order valence-corrected chi connectivity index (χ4v) is 2.99. The molecule has 5 heteroatoms. The van der Waals surface area contributed by atoms with Gasteiger partial charge in [0.15, 0.2) is 5.43 Å². The average Bonchev–Trinajstić information content (AvgIpc) is 2.69. The van der Waals surface area contributed by atoms with Crippen LogP contribution in [0.5, 0.6) is 11.5 Å². The number of pyridine rings is 1. The van der Waals surface area contributed by atoms with E-state index < -0.39 is 0 Å². The molecule has 0 saturated carbocycles. The van der Waals surface area contributed by atoms with E-state index in [0.717, 1.165) is 16.8 Å². The Bertz CT molecular complexity index is 1010. The van der Waals surface area contributed by atoms with Crippen molar-refractivity contribution in [2.75, 3.05) is 14.2 Å². The summed E-state index contributed by atoms with van der Waals surface area (Å²) in [5.74, 6) is 1.44. The number of nitrogens with zero attached hydrogens (tertiary/aromatic N) is 2. The van der Waals surface area contributed by atoms with E-state index >= 15 is 0 Å². The Hall–Kier alpha value is -3.26. The second-order valence-corrected chi connectivity index (χ2v) is 5.94. The molecule has 0 fully saturated rings. The highest BCUT2D eigenvalue weighted by molar-refractivity contribution is 5.85. The van der Waals surface area contributed by atoms with E-state index in [-0.39, 0.29) is 5.43 Å². The van der Waals surface area contributed by atoms with Crippen LogP contribution in [0.25, 0.3) is 22.0 Å². The lowest BCUT2D eigenvalue weighted by molar-refractivity contribution is 0.415. The van der Waals surface area contributed by atoms with Crippen LogP contribution in [0.1, 0.15) is 12.8 Å². The first-order chi connectivity index (χ1) is 12.7. The summed E-state index contributed by atoms with van der Waals surface area (Å²) in [7, 11) is 3.21. The molecule has 0 atom stereocenters. The van der Waals surface area contributed by atoms with Crippen molar-refractivity contribution in [1.29, 1.82) is 5.26 Å². The molecule has 132 valence electrons. The van der Waals surface area contributed by atoms with Crippen molar-refractivity contribution in [3.05, 3.63) is 58.9 Å². The lowest BCUT2D eigenvalue weighted by Gasteiger charge is -2.14. The summed E-state index contributed by atoms with van der Waals surface area (Å²) in [5.41, 5.74) is 2.25. The van der Waals surface area contributed by atoms with Crippen LogP contribution in [0, 0.1) is 11.3 Å². The van der Waals surface area contributed by atoms with Gasteiger partial charge in [-0.3, -0.25) is 4.79 Å². The summed E-state index contributed by atoms with van der Waals surface area (Å²) in [6.07, 6.45) is 3.05. The van der Waals surface area contributed by atoms with Crippen LogP contribution in [0.15, 0.2) is 53.5 Å². The minimum atomic E-state index is -0.0237. The van der Waals surface area contributed by atoms with Gasteiger partial charge < -0.3 is 14.0 Å². The van der Waals surface area contributed by atoms with E-state index in [2.05, 4.69) is 6.07 Å². The molecule has 0 radical (unpaired) electrons. The summed E-state index contributed by atoms with van der Waals surface area (Å²) >= 11 is 0. The molecule has 0 saturated heterocycles. The molecular weight excluding hydrogens is 328 g/mol. The molecule has 1 heterocycles. The Morgan fingerprint density at radius 2 is 1.73 bits per heavy atom. The van der Waals surface area contributed by atoms with Crippen molar-refractivity contribution in [3.63, 3.8) is 0 Å². The first-order valence-electron chi connectivity index (χ1n) is 8.40. The lowest BCUT2D eigenvalue weighted by atomic mass is 10.0. The van der Waals surface area contributed by atoms with Crippen LogP contribution < -0.4 is 14.9 Å². The van der Waals surface area contributed by atoms with Crippen molar-refractivity contribution in [3.8, 4) is 28.7 Å². The van der Waals surface area contributed by atoms with Gasteiger partial charge >= 0.3 is 0 Å². The topological polar surface area (TPSA) is 64.2 Å². The monoisotopic (exact) mass is 348 g/mol. The zero-order valence-corrected chi connectivity index (χ0v) is 14.9. The van der Waals surface area contributed by atoms with E-state index in [4.69, 9.17) is 14.7 Å². The standard InChI is InChI=1S/C21H20N2O3/c1-25-16-7-5-15(6-8-16)19-14-23(12-4-3-11-22)20-13-17(26-2)9-10-18(20)21(19)24/h5-10,13-14H,3-4,12H2,1-2H3. The van der Waals surface area contributed by atoms with Crippen LogP contribution >= 0.6 is 0 Å². The van der Waals surface area contributed by atoms with Crippen molar-refractivity contribution >= 4 is 10.9 Å². The number of nitriles is 1. The predicted octanol–water partition coefficient (Wildman–Crippen LogP) is 3.99. The fraction of sp³-hybridized carbons (Fsp3) is 0.238. The van der Waals surface area contributed by atoms with Gasteiger partial charge in [-0.05, 0) is 36.2 Å². The van der Waals surface area contributed by atoms with E-state index in [9.17, 15) is 4.79 Å². The summed E-state index contributed by atoms with van der Waals surface area (Å²) < 4.78 is 12.5. The minimum Gasteiger partial charge on any atom is -0.497 e. The van der Waals surface area contributed by atoms with Crippen molar-refractivity contribution in [2.24, 2.45) is 0 Å².